The van der Waals surface area contributed by atoms with Crippen LogP contribution < -0.4 is 5.32 Å². The fraction of sp³-hybridized carbons (Fsp3) is 0.421. The summed E-state index contributed by atoms with van der Waals surface area (Å²) in [6.45, 7) is 3.23. The Morgan fingerprint density at radius 1 is 1.00 bits per heavy atom. The highest BCUT2D eigenvalue weighted by atomic mass is 32.2. The highest BCUT2D eigenvalue weighted by molar-refractivity contribution is 7.89. The molecule has 7 heteroatoms. The third-order valence-corrected chi connectivity index (χ3v) is 7.21. The number of carbonyl (C=O) groups is 1. The lowest BCUT2D eigenvalue weighted by molar-refractivity contribution is -0.136. The standard InChI is InChI=1S/C19H23N3O3S/c23-19(17-7-8-20-14-17)21-9-11-22(12-10-21)26(24,25)18-6-5-15-3-1-2-4-16(15)13-18/h1-6,13,17,20H,7-12,14H2. The van der Waals surface area contributed by atoms with Crippen LogP contribution in [0.5, 0.6) is 0 Å². The highest BCUT2D eigenvalue weighted by Crippen LogP contribution is 2.23. The van der Waals surface area contributed by atoms with E-state index in [-0.39, 0.29) is 11.8 Å². The topological polar surface area (TPSA) is 69.7 Å². The molecule has 2 aromatic carbocycles. The van der Waals surface area contributed by atoms with Crippen molar-refractivity contribution in [2.24, 2.45) is 5.92 Å². The number of hydrogen-bond acceptors (Lipinski definition) is 4. The summed E-state index contributed by atoms with van der Waals surface area (Å²) in [7, 11) is -3.54. The molecule has 0 aliphatic carbocycles. The largest absolute Gasteiger partial charge is 0.340 e. The van der Waals surface area contributed by atoms with Gasteiger partial charge in [0.05, 0.1) is 10.8 Å². The van der Waals surface area contributed by atoms with Gasteiger partial charge in [0.2, 0.25) is 15.9 Å². The molecule has 0 aromatic heterocycles. The fourth-order valence-corrected chi connectivity index (χ4v) is 5.21. The van der Waals surface area contributed by atoms with Crippen LogP contribution in [0.1, 0.15) is 6.42 Å². The number of nitrogens with zero attached hydrogens (tertiary/aromatic N) is 2. The number of sulfonamides is 1. The number of amides is 1. The summed E-state index contributed by atoms with van der Waals surface area (Å²) < 4.78 is 27.4. The third-order valence-electron chi connectivity index (χ3n) is 5.32. The first kappa shape index (κ1) is 17.5. The lowest BCUT2D eigenvalue weighted by Gasteiger charge is -2.35. The van der Waals surface area contributed by atoms with Crippen LogP contribution in [-0.2, 0) is 14.8 Å². The molecule has 4 rings (SSSR count). The molecule has 2 heterocycles. The molecule has 2 fully saturated rings. The van der Waals surface area contributed by atoms with Crippen LogP contribution in [0.2, 0.25) is 0 Å². The van der Waals surface area contributed by atoms with E-state index in [2.05, 4.69) is 5.32 Å². The second kappa shape index (κ2) is 6.98. The van der Waals surface area contributed by atoms with Crippen LogP contribution in [0.25, 0.3) is 10.8 Å². The first-order valence-electron chi connectivity index (χ1n) is 9.04. The number of nitrogens with one attached hydrogen (secondary N) is 1. The molecule has 1 atom stereocenters. The highest BCUT2D eigenvalue weighted by Gasteiger charge is 2.33. The van der Waals surface area contributed by atoms with Gasteiger partial charge in [0, 0.05) is 32.7 Å². The molecule has 0 saturated carbocycles. The number of benzene rings is 2. The molecule has 0 spiro atoms. The maximum absolute atomic E-state index is 13.0. The Hall–Kier alpha value is -1.96. The summed E-state index contributed by atoms with van der Waals surface area (Å²) in [6.07, 6.45) is 0.869. The van der Waals surface area contributed by atoms with Gasteiger partial charge in [-0.05, 0) is 35.9 Å². The van der Waals surface area contributed by atoms with Gasteiger partial charge < -0.3 is 10.2 Å². The van der Waals surface area contributed by atoms with Gasteiger partial charge in [-0.3, -0.25) is 4.79 Å². The van der Waals surface area contributed by atoms with E-state index >= 15 is 0 Å². The van der Waals surface area contributed by atoms with E-state index < -0.39 is 10.0 Å². The molecule has 1 amide bonds. The van der Waals surface area contributed by atoms with E-state index in [1.807, 2.05) is 35.2 Å². The van der Waals surface area contributed by atoms with Crippen LogP contribution in [0.3, 0.4) is 0 Å². The molecular formula is C19H23N3O3S. The Morgan fingerprint density at radius 2 is 1.73 bits per heavy atom. The molecule has 26 heavy (non-hydrogen) atoms. The lowest BCUT2D eigenvalue weighted by Crippen LogP contribution is -2.52. The summed E-state index contributed by atoms with van der Waals surface area (Å²) in [5, 5.41) is 5.14. The van der Waals surface area contributed by atoms with E-state index in [0.29, 0.717) is 31.1 Å². The number of hydrogen-bond donors (Lipinski definition) is 1. The van der Waals surface area contributed by atoms with Gasteiger partial charge in [0.15, 0.2) is 0 Å². The zero-order valence-corrected chi connectivity index (χ0v) is 15.4. The summed E-state index contributed by atoms with van der Waals surface area (Å²) in [6, 6.07) is 13.0. The fourth-order valence-electron chi connectivity index (χ4n) is 3.75. The van der Waals surface area contributed by atoms with E-state index in [9.17, 15) is 13.2 Å². The van der Waals surface area contributed by atoms with Gasteiger partial charge in [-0.25, -0.2) is 8.42 Å². The molecule has 6 nitrogen and oxygen atoms in total. The second-order valence-corrected chi connectivity index (χ2v) is 8.87. The van der Waals surface area contributed by atoms with Gasteiger partial charge in [0.25, 0.3) is 0 Å². The smallest absolute Gasteiger partial charge is 0.243 e. The molecule has 1 unspecified atom stereocenters. The van der Waals surface area contributed by atoms with Crippen molar-refractivity contribution in [1.29, 1.82) is 0 Å². The third kappa shape index (κ3) is 3.22. The van der Waals surface area contributed by atoms with Gasteiger partial charge in [-0.1, -0.05) is 30.3 Å². The van der Waals surface area contributed by atoms with Gasteiger partial charge >= 0.3 is 0 Å². The first-order valence-corrected chi connectivity index (χ1v) is 10.5. The number of rotatable bonds is 3. The minimum absolute atomic E-state index is 0.0404. The van der Waals surface area contributed by atoms with Gasteiger partial charge in [-0.15, -0.1) is 0 Å². The molecular weight excluding hydrogens is 350 g/mol. The van der Waals surface area contributed by atoms with Crippen LogP contribution in [0.15, 0.2) is 47.4 Å². The van der Waals surface area contributed by atoms with Crippen molar-refractivity contribution in [3.63, 3.8) is 0 Å². The lowest BCUT2D eigenvalue weighted by atomic mass is 10.1. The van der Waals surface area contributed by atoms with E-state index in [1.165, 1.54) is 4.31 Å². The van der Waals surface area contributed by atoms with Gasteiger partial charge in [0.1, 0.15) is 0 Å². The predicted octanol–water partition coefficient (Wildman–Crippen LogP) is 1.28. The van der Waals surface area contributed by atoms with Crippen molar-refractivity contribution in [2.45, 2.75) is 11.3 Å². The van der Waals surface area contributed by atoms with Crippen LogP contribution in [-0.4, -0.2) is 62.8 Å². The van der Waals surface area contributed by atoms with E-state index in [0.717, 1.165) is 30.3 Å². The van der Waals surface area contributed by atoms with E-state index in [1.54, 1.807) is 12.1 Å². The van der Waals surface area contributed by atoms with E-state index in [4.69, 9.17) is 0 Å². The summed E-state index contributed by atoms with van der Waals surface area (Å²) in [4.78, 5) is 14.6. The molecule has 2 aliphatic heterocycles. The molecule has 2 saturated heterocycles. The zero-order valence-electron chi connectivity index (χ0n) is 14.6. The van der Waals surface area contributed by atoms with Crippen LogP contribution >= 0.6 is 0 Å². The summed E-state index contributed by atoms with van der Waals surface area (Å²) in [5.41, 5.74) is 0. The van der Waals surface area contributed by atoms with Crippen molar-refractivity contribution in [3.8, 4) is 0 Å². The maximum Gasteiger partial charge on any atom is 0.243 e. The average Bonchev–Trinajstić information content (AvgIpc) is 3.22. The first-order chi connectivity index (χ1) is 12.6. The van der Waals surface area contributed by atoms with Crippen LogP contribution in [0, 0.1) is 5.92 Å². The van der Waals surface area contributed by atoms with Crippen molar-refractivity contribution in [2.75, 3.05) is 39.3 Å². The van der Waals surface area contributed by atoms with Crippen molar-refractivity contribution in [3.05, 3.63) is 42.5 Å². The van der Waals surface area contributed by atoms with Gasteiger partial charge in [-0.2, -0.15) is 4.31 Å². The Kier molecular flexibility index (Phi) is 4.69. The Balaban J connectivity index is 1.47. The normalized spacial score (nSPS) is 22.0. The summed E-state index contributed by atoms with van der Waals surface area (Å²) in [5.74, 6) is 0.191. The molecule has 2 aliphatic rings. The molecule has 2 aromatic rings. The Bertz CT molecular complexity index is 915. The Morgan fingerprint density at radius 3 is 2.42 bits per heavy atom. The molecule has 0 bridgehead atoms. The van der Waals surface area contributed by atoms with Crippen molar-refractivity contribution < 1.29 is 13.2 Å². The number of fused-ring (bicyclic) bond motifs is 1. The quantitative estimate of drug-likeness (QED) is 0.880. The Labute approximate surface area is 153 Å². The van der Waals surface area contributed by atoms with Crippen molar-refractivity contribution in [1.82, 2.24) is 14.5 Å². The molecule has 1 N–H and O–H groups in total. The number of carbonyl (C=O) groups excluding carboxylic acids is 1. The average molecular weight is 373 g/mol. The van der Waals surface area contributed by atoms with Crippen LogP contribution in [0.4, 0.5) is 0 Å². The molecule has 138 valence electrons. The maximum atomic E-state index is 13.0. The zero-order chi connectivity index (χ0) is 18.1. The minimum atomic E-state index is -3.54. The number of piperazine rings is 1. The molecule has 0 radical (unpaired) electrons. The SMILES string of the molecule is O=C(C1CCNC1)N1CCN(S(=O)(=O)c2ccc3ccccc3c2)CC1. The summed E-state index contributed by atoms with van der Waals surface area (Å²) >= 11 is 0. The second-order valence-electron chi connectivity index (χ2n) is 6.93. The monoisotopic (exact) mass is 373 g/mol. The van der Waals surface area contributed by atoms with Crippen molar-refractivity contribution >= 4 is 26.7 Å². The minimum Gasteiger partial charge on any atom is -0.340 e. The predicted molar refractivity (Wildman–Crippen MR) is 100 cm³/mol.